The first kappa shape index (κ1) is 21.4. The number of aryl methyl sites for hydroxylation is 2. The molecule has 4 rings (SSSR count). The number of ether oxygens (including phenoxy) is 1. The van der Waals surface area contributed by atoms with E-state index in [-0.39, 0.29) is 18.7 Å². The topological polar surface area (TPSA) is 86.4 Å². The molecule has 0 aliphatic carbocycles. The minimum Gasteiger partial charge on any atom is -0.497 e. The van der Waals surface area contributed by atoms with Gasteiger partial charge < -0.3 is 14.5 Å². The largest absolute Gasteiger partial charge is 0.497 e. The van der Waals surface area contributed by atoms with Gasteiger partial charge in [0.2, 0.25) is 5.91 Å². The fourth-order valence-corrected chi connectivity index (χ4v) is 3.78. The second-order valence-corrected chi connectivity index (χ2v) is 7.77. The number of carbonyl (C=O) groups excluding carboxylic acids is 1. The highest BCUT2D eigenvalue weighted by Crippen LogP contribution is 2.24. The van der Waals surface area contributed by atoms with Crippen LogP contribution in [0.3, 0.4) is 0 Å². The van der Waals surface area contributed by atoms with E-state index >= 15 is 0 Å². The van der Waals surface area contributed by atoms with Crippen LogP contribution < -0.4 is 15.7 Å². The van der Waals surface area contributed by atoms with Crippen LogP contribution >= 0.6 is 0 Å². The van der Waals surface area contributed by atoms with Crippen molar-refractivity contribution in [3.63, 3.8) is 0 Å². The SMILES string of the molecule is COc1ccc2c(C)c(CCC(=O)Nc3ccnn3Cc3cccc(C)c3)c(=O)oc2c1. The molecule has 0 aliphatic heterocycles. The Kier molecular flexibility index (Phi) is 6.07. The number of methoxy groups -OCH3 is 1. The number of amides is 1. The zero-order chi connectivity index (χ0) is 22.7. The molecule has 2 aromatic heterocycles. The van der Waals surface area contributed by atoms with Crippen molar-refractivity contribution >= 4 is 22.7 Å². The molecule has 0 fully saturated rings. The van der Waals surface area contributed by atoms with Gasteiger partial charge in [0.15, 0.2) is 0 Å². The number of hydrogen-bond acceptors (Lipinski definition) is 5. The second kappa shape index (κ2) is 9.09. The maximum atomic E-state index is 12.6. The lowest BCUT2D eigenvalue weighted by atomic mass is 10.0. The van der Waals surface area contributed by atoms with Crippen LogP contribution in [0.1, 0.15) is 28.7 Å². The van der Waals surface area contributed by atoms with E-state index in [9.17, 15) is 9.59 Å². The number of carbonyl (C=O) groups is 1. The van der Waals surface area contributed by atoms with Crippen LogP contribution in [0.5, 0.6) is 5.75 Å². The summed E-state index contributed by atoms with van der Waals surface area (Å²) in [6.07, 6.45) is 2.10. The molecular formula is C25H25N3O4. The summed E-state index contributed by atoms with van der Waals surface area (Å²) in [5, 5.41) is 8.05. The molecule has 0 atom stereocenters. The smallest absolute Gasteiger partial charge is 0.339 e. The van der Waals surface area contributed by atoms with Crippen molar-refractivity contribution in [1.82, 2.24) is 9.78 Å². The van der Waals surface area contributed by atoms with E-state index in [2.05, 4.69) is 16.5 Å². The third kappa shape index (κ3) is 4.56. The molecule has 1 amide bonds. The van der Waals surface area contributed by atoms with E-state index in [4.69, 9.17) is 9.15 Å². The Labute approximate surface area is 185 Å². The molecule has 2 aromatic carbocycles. The molecule has 2 heterocycles. The van der Waals surface area contributed by atoms with Gasteiger partial charge >= 0.3 is 5.63 Å². The van der Waals surface area contributed by atoms with Crippen molar-refractivity contribution in [1.29, 1.82) is 0 Å². The van der Waals surface area contributed by atoms with Gasteiger partial charge in [-0.1, -0.05) is 29.8 Å². The lowest BCUT2D eigenvalue weighted by Gasteiger charge is -2.11. The van der Waals surface area contributed by atoms with Gasteiger partial charge in [-0.05, 0) is 43.5 Å². The minimum atomic E-state index is -0.430. The first-order valence-electron chi connectivity index (χ1n) is 10.4. The number of hydrogen-bond donors (Lipinski definition) is 1. The summed E-state index contributed by atoms with van der Waals surface area (Å²) in [6.45, 7) is 4.47. The summed E-state index contributed by atoms with van der Waals surface area (Å²) < 4.78 is 12.4. The molecule has 7 heteroatoms. The van der Waals surface area contributed by atoms with Gasteiger partial charge in [0.05, 0.1) is 19.9 Å². The molecule has 0 unspecified atom stereocenters. The van der Waals surface area contributed by atoms with Crippen LogP contribution in [0.25, 0.3) is 11.0 Å². The minimum absolute atomic E-state index is 0.156. The van der Waals surface area contributed by atoms with E-state index in [0.717, 1.165) is 16.5 Å². The molecule has 164 valence electrons. The molecule has 0 aliphatic rings. The molecule has 32 heavy (non-hydrogen) atoms. The summed E-state index contributed by atoms with van der Waals surface area (Å²) in [6, 6.07) is 15.3. The van der Waals surface area contributed by atoms with Crippen LogP contribution in [0.2, 0.25) is 0 Å². The molecule has 0 bridgehead atoms. The number of nitrogens with zero attached hydrogens (tertiary/aromatic N) is 2. The van der Waals surface area contributed by atoms with Crippen molar-refractivity contribution in [2.75, 3.05) is 12.4 Å². The number of nitrogens with one attached hydrogen (secondary N) is 1. The van der Waals surface area contributed by atoms with Crippen LogP contribution in [0, 0.1) is 13.8 Å². The Morgan fingerprint density at radius 3 is 2.78 bits per heavy atom. The third-order valence-electron chi connectivity index (χ3n) is 5.50. The first-order valence-corrected chi connectivity index (χ1v) is 10.4. The molecular weight excluding hydrogens is 406 g/mol. The van der Waals surface area contributed by atoms with E-state index in [0.29, 0.717) is 29.3 Å². The van der Waals surface area contributed by atoms with Crippen molar-refractivity contribution in [3.8, 4) is 5.75 Å². The molecule has 0 saturated carbocycles. The van der Waals surface area contributed by atoms with Crippen molar-refractivity contribution in [2.45, 2.75) is 33.2 Å². The second-order valence-electron chi connectivity index (χ2n) is 7.77. The maximum absolute atomic E-state index is 12.6. The van der Waals surface area contributed by atoms with E-state index in [1.54, 1.807) is 30.1 Å². The number of anilines is 1. The lowest BCUT2D eigenvalue weighted by Crippen LogP contribution is -2.18. The highest BCUT2D eigenvalue weighted by Gasteiger charge is 2.15. The van der Waals surface area contributed by atoms with Gasteiger partial charge in [-0.15, -0.1) is 0 Å². The Hall–Kier alpha value is -3.87. The molecule has 0 spiro atoms. The van der Waals surface area contributed by atoms with Gasteiger partial charge in [-0.25, -0.2) is 9.48 Å². The fourth-order valence-electron chi connectivity index (χ4n) is 3.78. The van der Waals surface area contributed by atoms with Gasteiger partial charge in [0.1, 0.15) is 17.2 Å². The van der Waals surface area contributed by atoms with Gasteiger partial charge in [0, 0.05) is 29.5 Å². The fraction of sp³-hybridized carbons (Fsp3) is 0.240. The van der Waals surface area contributed by atoms with Crippen LogP contribution in [0.15, 0.2) is 63.9 Å². The average molecular weight is 431 g/mol. The van der Waals surface area contributed by atoms with Crippen molar-refractivity contribution in [2.24, 2.45) is 0 Å². The van der Waals surface area contributed by atoms with E-state index < -0.39 is 5.63 Å². The highest BCUT2D eigenvalue weighted by atomic mass is 16.5. The van der Waals surface area contributed by atoms with Crippen LogP contribution in [0.4, 0.5) is 5.82 Å². The van der Waals surface area contributed by atoms with Crippen molar-refractivity contribution in [3.05, 3.63) is 87.4 Å². The Morgan fingerprint density at radius 2 is 2.00 bits per heavy atom. The normalized spacial score (nSPS) is 11.0. The highest BCUT2D eigenvalue weighted by molar-refractivity contribution is 5.90. The Balaban J connectivity index is 1.45. The van der Waals surface area contributed by atoms with E-state index in [1.807, 2.05) is 44.2 Å². The summed E-state index contributed by atoms with van der Waals surface area (Å²) >= 11 is 0. The summed E-state index contributed by atoms with van der Waals surface area (Å²) in [7, 11) is 1.56. The predicted octanol–water partition coefficient (Wildman–Crippen LogP) is 4.23. The monoisotopic (exact) mass is 431 g/mol. The maximum Gasteiger partial charge on any atom is 0.339 e. The molecule has 0 radical (unpaired) electrons. The van der Waals surface area contributed by atoms with Gasteiger partial charge in [-0.2, -0.15) is 5.10 Å². The predicted molar refractivity (Wildman–Crippen MR) is 123 cm³/mol. The standard InChI is InChI=1S/C25H25N3O4/c1-16-5-4-6-18(13-16)15-28-23(11-12-26-28)27-24(29)10-9-21-17(2)20-8-7-19(31-3)14-22(20)32-25(21)30/h4-8,11-14H,9-10,15H2,1-3H3,(H,27,29). The average Bonchev–Trinajstić information content (AvgIpc) is 3.19. The molecule has 4 aromatic rings. The quantitative estimate of drug-likeness (QED) is 0.443. The molecule has 0 saturated heterocycles. The van der Waals surface area contributed by atoms with Crippen molar-refractivity contribution < 1.29 is 13.9 Å². The zero-order valence-electron chi connectivity index (χ0n) is 18.3. The summed E-state index contributed by atoms with van der Waals surface area (Å²) in [5.41, 5.74) is 3.64. The lowest BCUT2D eigenvalue weighted by molar-refractivity contribution is -0.116. The Bertz CT molecular complexity index is 1340. The Morgan fingerprint density at radius 1 is 1.16 bits per heavy atom. The summed E-state index contributed by atoms with van der Waals surface area (Å²) in [5.74, 6) is 1.05. The number of benzene rings is 2. The van der Waals surface area contributed by atoms with Gasteiger partial charge in [-0.3, -0.25) is 4.79 Å². The first-order chi connectivity index (χ1) is 15.4. The van der Waals surface area contributed by atoms with Gasteiger partial charge in [0.25, 0.3) is 0 Å². The van der Waals surface area contributed by atoms with Crippen LogP contribution in [-0.4, -0.2) is 22.8 Å². The molecule has 7 nitrogen and oxygen atoms in total. The zero-order valence-corrected chi connectivity index (χ0v) is 18.3. The van der Waals surface area contributed by atoms with Crippen LogP contribution in [-0.2, 0) is 17.8 Å². The molecule has 1 N–H and O–H groups in total. The number of rotatable bonds is 7. The van der Waals surface area contributed by atoms with E-state index in [1.165, 1.54) is 5.56 Å². The number of fused-ring (bicyclic) bond motifs is 1. The number of aromatic nitrogens is 2. The third-order valence-corrected chi connectivity index (χ3v) is 5.50. The summed E-state index contributed by atoms with van der Waals surface area (Å²) in [4.78, 5) is 25.1.